The summed E-state index contributed by atoms with van der Waals surface area (Å²) >= 11 is 6.84. The Kier molecular flexibility index (Phi) is 3.69. The lowest BCUT2D eigenvalue weighted by Gasteiger charge is -1.92. The van der Waals surface area contributed by atoms with E-state index in [1.165, 1.54) is 11.3 Å². The minimum atomic E-state index is 0.154. The molecule has 0 aliphatic carbocycles. The van der Waals surface area contributed by atoms with Gasteiger partial charge in [-0.2, -0.15) is 0 Å². The molecule has 1 heterocycles. The van der Waals surface area contributed by atoms with Crippen LogP contribution in [0.3, 0.4) is 0 Å². The summed E-state index contributed by atoms with van der Waals surface area (Å²) in [6.45, 7) is 2.06. The van der Waals surface area contributed by atoms with Crippen molar-refractivity contribution in [3.8, 4) is 0 Å². The molecule has 66 valence electrons. The van der Waals surface area contributed by atoms with Gasteiger partial charge in [-0.15, -0.1) is 0 Å². The van der Waals surface area contributed by atoms with E-state index in [1.54, 1.807) is 6.20 Å². The van der Waals surface area contributed by atoms with Gasteiger partial charge in [-0.25, -0.2) is 4.98 Å². The normalized spacial score (nSPS) is 10.2. The van der Waals surface area contributed by atoms with Crippen molar-refractivity contribution < 1.29 is 4.79 Å². The minimum Gasteiger partial charge on any atom is -0.293 e. The fraction of sp³-hybridized carbons (Fsp3) is 0.500. The van der Waals surface area contributed by atoms with Crippen LogP contribution in [0.15, 0.2) is 6.20 Å². The Bertz CT molecular complexity index is 272. The predicted molar refractivity (Wildman–Crippen MR) is 51.0 cm³/mol. The molecule has 0 unspecified atom stereocenters. The maximum Gasteiger partial charge on any atom is 0.184 e. The van der Waals surface area contributed by atoms with Gasteiger partial charge < -0.3 is 0 Å². The number of hydrogen-bond acceptors (Lipinski definition) is 3. The van der Waals surface area contributed by atoms with E-state index in [0.29, 0.717) is 15.8 Å². The lowest BCUT2D eigenvalue weighted by Crippen LogP contribution is -1.94. The van der Waals surface area contributed by atoms with Crippen LogP contribution >= 0.6 is 22.9 Å². The summed E-state index contributed by atoms with van der Waals surface area (Å²) < 4.78 is 0.440. The number of carbonyl (C=O) groups excluding carboxylic acids is 1. The Morgan fingerprint density at radius 2 is 2.50 bits per heavy atom. The van der Waals surface area contributed by atoms with Gasteiger partial charge in [0.1, 0.15) is 0 Å². The smallest absolute Gasteiger partial charge is 0.184 e. The minimum absolute atomic E-state index is 0.154. The van der Waals surface area contributed by atoms with Crippen molar-refractivity contribution in [1.29, 1.82) is 0 Å². The number of Topliss-reactive ketones (excluding diaryl/α,β-unsaturated/α-hetero) is 1. The van der Waals surface area contributed by atoms with Crippen LogP contribution in [0.5, 0.6) is 0 Å². The molecule has 1 aromatic heterocycles. The van der Waals surface area contributed by atoms with E-state index < -0.39 is 0 Å². The number of nitrogens with zero attached hydrogens (tertiary/aromatic N) is 1. The number of rotatable bonds is 4. The summed E-state index contributed by atoms with van der Waals surface area (Å²) in [5.41, 5.74) is 0. The molecule has 0 spiro atoms. The van der Waals surface area contributed by atoms with Crippen LogP contribution in [0.4, 0.5) is 0 Å². The van der Waals surface area contributed by atoms with Gasteiger partial charge in [-0.1, -0.05) is 36.3 Å². The predicted octanol–water partition coefficient (Wildman–Crippen LogP) is 3.17. The van der Waals surface area contributed by atoms with Crippen molar-refractivity contribution in [1.82, 2.24) is 4.98 Å². The topological polar surface area (TPSA) is 30.0 Å². The quantitative estimate of drug-likeness (QED) is 0.704. The Morgan fingerprint density at radius 1 is 1.75 bits per heavy atom. The molecule has 0 bridgehead atoms. The molecule has 0 amide bonds. The van der Waals surface area contributed by atoms with Crippen LogP contribution in [-0.2, 0) is 0 Å². The van der Waals surface area contributed by atoms with Crippen LogP contribution in [0.25, 0.3) is 0 Å². The molecule has 0 fully saturated rings. The molecule has 1 rings (SSSR count). The molecule has 0 aliphatic heterocycles. The molecule has 0 aromatic carbocycles. The van der Waals surface area contributed by atoms with Crippen molar-refractivity contribution in [2.24, 2.45) is 0 Å². The second-order valence-corrected chi connectivity index (χ2v) is 4.12. The first kappa shape index (κ1) is 9.68. The molecule has 12 heavy (non-hydrogen) atoms. The molecular weight excluding hydrogens is 194 g/mol. The second kappa shape index (κ2) is 4.58. The maximum atomic E-state index is 11.3. The molecule has 0 saturated heterocycles. The van der Waals surface area contributed by atoms with E-state index in [2.05, 4.69) is 11.9 Å². The number of halogens is 1. The van der Waals surface area contributed by atoms with Crippen LogP contribution in [0.1, 0.15) is 35.9 Å². The fourth-order valence-electron chi connectivity index (χ4n) is 0.842. The van der Waals surface area contributed by atoms with E-state index in [9.17, 15) is 4.79 Å². The molecule has 0 aliphatic rings. The molecule has 0 saturated carbocycles. The van der Waals surface area contributed by atoms with E-state index in [4.69, 9.17) is 11.6 Å². The van der Waals surface area contributed by atoms with Gasteiger partial charge in [-0.3, -0.25) is 4.79 Å². The standard InChI is InChI=1S/C8H10ClNOS/c1-2-3-4-6(11)7-5-10-8(9)12-7/h5H,2-4H2,1H3. The number of carbonyl (C=O) groups is 1. The van der Waals surface area contributed by atoms with Crippen LogP contribution < -0.4 is 0 Å². The Hall–Kier alpha value is -0.410. The SMILES string of the molecule is CCCCC(=O)c1cnc(Cl)s1. The average Bonchev–Trinajstić information content (AvgIpc) is 2.47. The lowest BCUT2D eigenvalue weighted by molar-refractivity contribution is 0.0983. The molecule has 0 atom stereocenters. The Morgan fingerprint density at radius 3 is 3.00 bits per heavy atom. The number of hydrogen-bond donors (Lipinski definition) is 0. The third kappa shape index (κ3) is 2.57. The van der Waals surface area contributed by atoms with Crippen molar-refractivity contribution in [3.63, 3.8) is 0 Å². The second-order valence-electron chi connectivity index (χ2n) is 2.50. The van der Waals surface area contributed by atoms with Crippen LogP contribution in [0, 0.1) is 0 Å². The number of thiazole rings is 1. The number of ketones is 1. The molecule has 0 N–H and O–H groups in total. The van der Waals surface area contributed by atoms with Gasteiger partial charge in [-0.05, 0) is 6.42 Å². The lowest BCUT2D eigenvalue weighted by atomic mass is 10.2. The zero-order valence-corrected chi connectivity index (χ0v) is 8.41. The first-order valence-corrected chi connectivity index (χ1v) is 5.08. The van der Waals surface area contributed by atoms with E-state index in [1.807, 2.05) is 0 Å². The van der Waals surface area contributed by atoms with Crippen molar-refractivity contribution in [2.45, 2.75) is 26.2 Å². The summed E-state index contributed by atoms with van der Waals surface area (Å²) in [6.07, 6.45) is 4.13. The van der Waals surface area contributed by atoms with Crippen molar-refractivity contribution >= 4 is 28.7 Å². The molecule has 4 heteroatoms. The highest BCUT2D eigenvalue weighted by atomic mass is 35.5. The van der Waals surface area contributed by atoms with Gasteiger partial charge in [0.2, 0.25) is 0 Å². The summed E-state index contributed by atoms with van der Waals surface area (Å²) in [5, 5.41) is 0. The molecule has 2 nitrogen and oxygen atoms in total. The van der Waals surface area contributed by atoms with Gasteiger partial charge in [0.05, 0.1) is 11.1 Å². The van der Waals surface area contributed by atoms with Crippen molar-refractivity contribution in [2.75, 3.05) is 0 Å². The van der Waals surface area contributed by atoms with Gasteiger partial charge in [0.15, 0.2) is 10.3 Å². The summed E-state index contributed by atoms with van der Waals surface area (Å²) in [5.74, 6) is 0.154. The third-order valence-electron chi connectivity index (χ3n) is 1.51. The first-order chi connectivity index (χ1) is 5.74. The Balaban J connectivity index is 2.53. The summed E-state index contributed by atoms with van der Waals surface area (Å²) in [7, 11) is 0. The highest BCUT2D eigenvalue weighted by molar-refractivity contribution is 7.17. The monoisotopic (exact) mass is 203 g/mol. The van der Waals surface area contributed by atoms with E-state index in [0.717, 1.165) is 12.8 Å². The maximum absolute atomic E-state index is 11.3. The van der Waals surface area contributed by atoms with Crippen LogP contribution in [-0.4, -0.2) is 10.8 Å². The highest BCUT2D eigenvalue weighted by Crippen LogP contribution is 2.19. The summed E-state index contributed by atoms with van der Waals surface area (Å²) in [4.78, 5) is 15.8. The largest absolute Gasteiger partial charge is 0.293 e. The van der Waals surface area contributed by atoms with E-state index in [-0.39, 0.29) is 5.78 Å². The van der Waals surface area contributed by atoms with Gasteiger partial charge in [0.25, 0.3) is 0 Å². The third-order valence-corrected chi connectivity index (χ3v) is 2.67. The average molecular weight is 204 g/mol. The number of unbranched alkanes of at least 4 members (excludes halogenated alkanes) is 1. The summed E-state index contributed by atoms with van der Waals surface area (Å²) in [6, 6.07) is 0. The zero-order valence-electron chi connectivity index (χ0n) is 6.84. The van der Waals surface area contributed by atoms with E-state index >= 15 is 0 Å². The van der Waals surface area contributed by atoms with Crippen molar-refractivity contribution in [3.05, 3.63) is 15.5 Å². The number of aromatic nitrogens is 1. The van der Waals surface area contributed by atoms with Gasteiger partial charge >= 0.3 is 0 Å². The Labute approximate surface area is 80.6 Å². The molecular formula is C8H10ClNOS. The molecule has 0 radical (unpaired) electrons. The fourth-order valence-corrected chi connectivity index (χ4v) is 1.75. The van der Waals surface area contributed by atoms with Crippen LogP contribution in [0.2, 0.25) is 4.47 Å². The zero-order chi connectivity index (χ0) is 8.97. The first-order valence-electron chi connectivity index (χ1n) is 3.88. The van der Waals surface area contributed by atoms with Gasteiger partial charge in [0, 0.05) is 6.42 Å². The highest BCUT2D eigenvalue weighted by Gasteiger charge is 2.08. The molecule has 1 aromatic rings.